The molecule has 9 heteroatoms. The van der Waals surface area contributed by atoms with E-state index in [9.17, 15) is 18.0 Å². The Bertz CT molecular complexity index is 852. The Morgan fingerprint density at radius 2 is 1.90 bits per heavy atom. The molecule has 1 aliphatic rings. The highest BCUT2D eigenvalue weighted by atomic mass is 32.2. The molecule has 2 aromatic rings. The largest absolute Gasteiger partial charge is 0.418 e. The van der Waals surface area contributed by atoms with Crippen LogP contribution in [0.1, 0.15) is 25.8 Å². The molecule has 0 unspecified atom stereocenters. The Hall–Kier alpha value is -2.29. The second-order valence-electron chi connectivity index (χ2n) is 7.45. The fourth-order valence-corrected chi connectivity index (χ4v) is 4.26. The third kappa shape index (κ3) is 5.85. The number of carbonyl (C=O) groups excluding carboxylic acids is 1. The average molecular weight is 424 g/mol. The van der Waals surface area contributed by atoms with E-state index in [4.69, 9.17) is 0 Å². The summed E-state index contributed by atoms with van der Waals surface area (Å²) in [6.07, 6.45) is -1.89. The Labute approximate surface area is 172 Å². The molecule has 0 aliphatic carbocycles. The van der Waals surface area contributed by atoms with Crippen molar-refractivity contribution in [2.75, 3.05) is 29.1 Å². The number of thioether (sulfide) groups is 1. The van der Waals surface area contributed by atoms with Gasteiger partial charge in [0.15, 0.2) is 0 Å². The molecule has 0 saturated carbocycles. The van der Waals surface area contributed by atoms with Crippen LogP contribution >= 0.6 is 11.8 Å². The van der Waals surface area contributed by atoms with E-state index in [1.165, 1.54) is 42.7 Å². The fraction of sp³-hybridized carbons (Fsp3) is 0.450. The average Bonchev–Trinajstić information content (AvgIpc) is 2.65. The standard InChI is InChI=1S/C20H23F3N4OS/c1-13-7-14(2)10-27(9-13)17-8-19(25-12-24-17)29-11-18(28)26-16-6-4-3-5-15(16)20(21,22)23/h3-6,8,12-14H,7,9-11H2,1-2H3,(H,26,28)/t13-,14-/m1/s1. The molecule has 1 fully saturated rings. The van der Waals surface area contributed by atoms with Crippen LogP contribution in [0, 0.1) is 11.8 Å². The van der Waals surface area contributed by atoms with Crippen LogP contribution in [0.3, 0.4) is 0 Å². The predicted molar refractivity (Wildman–Crippen MR) is 108 cm³/mol. The maximum absolute atomic E-state index is 13.0. The van der Waals surface area contributed by atoms with E-state index in [0.29, 0.717) is 16.9 Å². The van der Waals surface area contributed by atoms with Crippen molar-refractivity contribution in [3.63, 3.8) is 0 Å². The second-order valence-corrected chi connectivity index (χ2v) is 8.44. The minimum absolute atomic E-state index is 0.0462. The number of piperidine rings is 1. The lowest BCUT2D eigenvalue weighted by Gasteiger charge is -2.35. The van der Waals surface area contributed by atoms with Crippen LogP contribution in [0.4, 0.5) is 24.7 Å². The number of anilines is 2. The molecule has 1 aromatic carbocycles. The van der Waals surface area contributed by atoms with E-state index >= 15 is 0 Å². The van der Waals surface area contributed by atoms with Gasteiger partial charge in [-0.1, -0.05) is 37.7 Å². The molecule has 5 nitrogen and oxygen atoms in total. The lowest BCUT2D eigenvalue weighted by molar-refractivity contribution is -0.137. The van der Waals surface area contributed by atoms with Gasteiger partial charge in [-0.15, -0.1) is 0 Å². The number of para-hydroxylation sites is 1. The van der Waals surface area contributed by atoms with E-state index in [0.717, 1.165) is 25.0 Å². The highest BCUT2D eigenvalue weighted by molar-refractivity contribution is 7.99. The van der Waals surface area contributed by atoms with Gasteiger partial charge in [-0.05, 0) is 30.4 Å². The number of benzene rings is 1. The number of aromatic nitrogens is 2. The number of halogens is 3. The Morgan fingerprint density at radius 1 is 1.21 bits per heavy atom. The summed E-state index contributed by atoms with van der Waals surface area (Å²) < 4.78 is 39.1. The number of nitrogens with zero attached hydrogens (tertiary/aromatic N) is 3. The minimum Gasteiger partial charge on any atom is -0.356 e. The molecule has 1 aliphatic heterocycles. The van der Waals surface area contributed by atoms with E-state index < -0.39 is 17.6 Å². The molecule has 0 radical (unpaired) electrons. The van der Waals surface area contributed by atoms with Gasteiger partial charge in [0.25, 0.3) is 0 Å². The zero-order valence-electron chi connectivity index (χ0n) is 16.2. The number of alkyl halides is 3. The highest BCUT2D eigenvalue weighted by Gasteiger charge is 2.33. The number of carbonyl (C=O) groups is 1. The van der Waals surface area contributed by atoms with Crippen molar-refractivity contribution < 1.29 is 18.0 Å². The Balaban J connectivity index is 1.62. The number of hydrogen-bond acceptors (Lipinski definition) is 5. The van der Waals surface area contributed by atoms with Gasteiger partial charge in [0, 0.05) is 19.2 Å². The van der Waals surface area contributed by atoms with Crippen molar-refractivity contribution >= 4 is 29.2 Å². The summed E-state index contributed by atoms with van der Waals surface area (Å²) in [6.45, 7) is 6.26. The van der Waals surface area contributed by atoms with Crippen LogP contribution in [0.15, 0.2) is 41.7 Å². The van der Waals surface area contributed by atoms with Gasteiger partial charge in [0.2, 0.25) is 5.91 Å². The lowest BCUT2D eigenvalue weighted by atomic mass is 9.92. The normalized spacial score (nSPS) is 19.8. The quantitative estimate of drug-likeness (QED) is 0.557. The van der Waals surface area contributed by atoms with Gasteiger partial charge >= 0.3 is 6.18 Å². The number of rotatable bonds is 5. The first-order valence-corrected chi connectivity index (χ1v) is 10.4. The zero-order chi connectivity index (χ0) is 21.0. The Kier molecular flexibility index (Phi) is 6.66. The molecule has 1 aromatic heterocycles. The topological polar surface area (TPSA) is 58.1 Å². The summed E-state index contributed by atoms with van der Waals surface area (Å²) in [5.74, 6) is 1.39. The second kappa shape index (κ2) is 9.02. The van der Waals surface area contributed by atoms with Crippen LogP contribution in [0.2, 0.25) is 0 Å². The summed E-state index contributed by atoms with van der Waals surface area (Å²) in [5.41, 5.74) is -1.11. The van der Waals surface area contributed by atoms with Crippen molar-refractivity contribution in [1.29, 1.82) is 0 Å². The van der Waals surface area contributed by atoms with Gasteiger partial charge in [-0.3, -0.25) is 4.79 Å². The van der Waals surface area contributed by atoms with E-state index in [1.54, 1.807) is 0 Å². The van der Waals surface area contributed by atoms with Gasteiger partial charge in [-0.2, -0.15) is 13.2 Å². The van der Waals surface area contributed by atoms with Crippen LogP contribution in [0.5, 0.6) is 0 Å². The first-order chi connectivity index (χ1) is 13.7. The third-order valence-corrected chi connectivity index (χ3v) is 5.60. The van der Waals surface area contributed by atoms with E-state index in [1.807, 2.05) is 6.07 Å². The molecule has 1 saturated heterocycles. The third-order valence-electron chi connectivity index (χ3n) is 4.68. The Morgan fingerprint density at radius 3 is 2.59 bits per heavy atom. The van der Waals surface area contributed by atoms with Gasteiger partial charge in [0.1, 0.15) is 17.2 Å². The first kappa shape index (κ1) is 21.4. The van der Waals surface area contributed by atoms with Crippen LogP contribution < -0.4 is 10.2 Å². The van der Waals surface area contributed by atoms with Gasteiger partial charge < -0.3 is 10.2 Å². The maximum atomic E-state index is 13.0. The number of hydrogen-bond donors (Lipinski definition) is 1. The van der Waals surface area contributed by atoms with Crippen molar-refractivity contribution in [2.45, 2.75) is 31.5 Å². The number of amides is 1. The van der Waals surface area contributed by atoms with E-state index in [-0.39, 0.29) is 11.4 Å². The summed E-state index contributed by atoms with van der Waals surface area (Å²) in [5, 5.41) is 2.95. The first-order valence-electron chi connectivity index (χ1n) is 9.38. The smallest absolute Gasteiger partial charge is 0.356 e. The molecule has 0 bridgehead atoms. The summed E-state index contributed by atoms with van der Waals surface area (Å²) in [6, 6.07) is 6.76. The summed E-state index contributed by atoms with van der Waals surface area (Å²) in [7, 11) is 0. The molecule has 0 spiro atoms. The zero-order valence-corrected chi connectivity index (χ0v) is 17.1. The minimum atomic E-state index is -4.53. The maximum Gasteiger partial charge on any atom is 0.418 e. The number of nitrogens with one attached hydrogen (secondary N) is 1. The van der Waals surface area contributed by atoms with E-state index in [2.05, 4.69) is 34.0 Å². The van der Waals surface area contributed by atoms with Crippen molar-refractivity contribution in [3.05, 3.63) is 42.2 Å². The SMILES string of the molecule is C[C@@H]1C[C@@H](C)CN(c2cc(SCC(=O)Nc3ccccc3C(F)(F)F)ncn2)C1. The monoisotopic (exact) mass is 424 g/mol. The fourth-order valence-electron chi connectivity index (χ4n) is 3.60. The summed E-state index contributed by atoms with van der Waals surface area (Å²) >= 11 is 1.17. The molecule has 2 atom stereocenters. The predicted octanol–water partition coefficient (Wildman–Crippen LogP) is 4.71. The molecule has 3 rings (SSSR count). The lowest BCUT2D eigenvalue weighted by Crippen LogP contribution is -2.39. The molecule has 29 heavy (non-hydrogen) atoms. The van der Waals surface area contributed by atoms with Crippen LogP contribution in [0.25, 0.3) is 0 Å². The van der Waals surface area contributed by atoms with Crippen molar-refractivity contribution in [1.82, 2.24) is 9.97 Å². The summed E-state index contributed by atoms with van der Waals surface area (Å²) in [4.78, 5) is 22.9. The molecule has 156 valence electrons. The molecule has 2 heterocycles. The molecular formula is C20H23F3N4OS. The van der Waals surface area contributed by atoms with Gasteiger partial charge in [-0.25, -0.2) is 9.97 Å². The van der Waals surface area contributed by atoms with Crippen molar-refractivity contribution in [3.8, 4) is 0 Å². The van der Waals surface area contributed by atoms with Crippen LogP contribution in [-0.4, -0.2) is 34.7 Å². The molecular weight excluding hydrogens is 401 g/mol. The van der Waals surface area contributed by atoms with Gasteiger partial charge in [0.05, 0.1) is 17.0 Å². The molecule has 1 amide bonds. The van der Waals surface area contributed by atoms with Crippen LogP contribution in [-0.2, 0) is 11.0 Å². The molecule has 1 N–H and O–H groups in total. The highest BCUT2D eigenvalue weighted by Crippen LogP contribution is 2.34. The van der Waals surface area contributed by atoms with Crippen molar-refractivity contribution in [2.24, 2.45) is 11.8 Å².